The minimum Gasteiger partial charge on any atom is -0.476 e. The zero-order valence-electron chi connectivity index (χ0n) is 34.1. The highest BCUT2D eigenvalue weighted by Gasteiger charge is 2.53. The number of likely N-dealkylation sites (tertiary alicyclic amines) is 1. The third kappa shape index (κ3) is 8.22. The average molecular weight is 810 g/mol. The average Bonchev–Trinajstić information content (AvgIpc) is 3.76. The van der Waals surface area contributed by atoms with Gasteiger partial charge in [0, 0.05) is 29.9 Å². The first-order valence-corrected chi connectivity index (χ1v) is 21.1. The number of aromatic nitrogens is 5. The summed E-state index contributed by atoms with van der Waals surface area (Å²) in [4.78, 5) is 26.1. The van der Waals surface area contributed by atoms with Crippen molar-refractivity contribution in [1.29, 1.82) is 0 Å². The molecule has 0 amide bonds. The number of aryl methyl sites for hydroxylation is 3. The van der Waals surface area contributed by atoms with Crippen molar-refractivity contribution in [3.8, 4) is 11.8 Å². The minimum atomic E-state index is -4.14. The fourth-order valence-corrected chi connectivity index (χ4v) is 9.44. The molecule has 1 spiro atoms. The number of carbonyl (C=O) groups is 1. The van der Waals surface area contributed by atoms with E-state index in [4.69, 9.17) is 19.2 Å². The summed E-state index contributed by atoms with van der Waals surface area (Å²) in [6, 6.07) is 6.93. The lowest BCUT2D eigenvalue weighted by Gasteiger charge is -2.36. The molecule has 4 aromatic heterocycles. The molecule has 2 fully saturated rings. The van der Waals surface area contributed by atoms with Crippen molar-refractivity contribution in [3.63, 3.8) is 0 Å². The molecule has 6 heterocycles. The second-order valence-corrected chi connectivity index (χ2v) is 19.2. The number of esters is 1. The number of rotatable bonds is 11. The third-order valence-corrected chi connectivity index (χ3v) is 13.1. The molecule has 0 bridgehead atoms. The first kappa shape index (κ1) is 40.9. The van der Waals surface area contributed by atoms with Gasteiger partial charge in [-0.25, -0.2) is 17.2 Å². The van der Waals surface area contributed by atoms with E-state index in [-0.39, 0.29) is 29.5 Å². The molecule has 1 aliphatic carbocycles. The highest BCUT2D eigenvalue weighted by molar-refractivity contribution is 7.89. The molecule has 57 heavy (non-hydrogen) atoms. The van der Waals surface area contributed by atoms with Crippen LogP contribution in [-0.2, 0) is 26.1 Å². The van der Waals surface area contributed by atoms with Gasteiger partial charge < -0.3 is 14.2 Å². The topological polar surface area (TPSA) is 141 Å². The van der Waals surface area contributed by atoms with E-state index in [1.54, 1.807) is 60.6 Å². The summed E-state index contributed by atoms with van der Waals surface area (Å²) in [5.41, 5.74) is 0.915. The second-order valence-electron chi connectivity index (χ2n) is 17.3. The molecule has 7 rings (SSSR count). The molecule has 13 nitrogen and oxygen atoms in total. The van der Waals surface area contributed by atoms with Crippen molar-refractivity contribution in [2.45, 2.75) is 122 Å². The van der Waals surface area contributed by atoms with Gasteiger partial charge in [-0.3, -0.25) is 19.1 Å². The first-order valence-electron chi connectivity index (χ1n) is 19.7. The number of hydrogen-bond acceptors (Lipinski definition) is 11. The van der Waals surface area contributed by atoms with E-state index in [2.05, 4.69) is 20.1 Å². The van der Waals surface area contributed by atoms with Gasteiger partial charge in [0.1, 0.15) is 22.7 Å². The second kappa shape index (κ2) is 15.1. The maximum atomic E-state index is 14.6. The SMILES string of the molecule is Cc1ccc(C(c2ccn3c(C(F)F)nnc3c2C)C(C)(C)C(=O)OC(C)(C)C)nc1CN1CC2(CC2)Oc2nc(OCCN3CCCCC3)c(C)cc2S1(=O)=O. The smallest absolute Gasteiger partial charge is 0.313 e. The molecule has 4 aromatic rings. The Morgan fingerprint density at radius 1 is 0.982 bits per heavy atom. The van der Waals surface area contributed by atoms with Gasteiger partial charge in [0.15, 0.2) is 5.65 Å². The number of carbonyl (C=O) groups excluding carboxylic acids is 1. The zero-order chi connectivity index (χ0) is 41.1. The molecule has 3 aliphatic rings. The molecular weight excluding hydrogens is 757 g/mol. The number of ether oxygens (including phenoxy) is 3. The number of hydrogen-bond donors (Lipinski definition) is 0. The number of nitrogens with zero attached hydrogens (tertiary/aromatic N) is 7. The van der Waals surface area contributed by atoms with Crippen molar-refractivity contribution >= 4 is 21.6 Å². The summed E-state index contributed by atoms with van der Waals surface area (Å²) < 4.78 is 77.9. The zero-order valence-corrected chi connectivity index (χ0v) is 34.9. The number of alkyl halides is 2. The van der Waals surface area contributed by atoms with Gasteiger partial charge in [-0.2, -0.15) is 9.29 Å². The van der Waals surface area contributed by atoms with E-state index in [0.29, 0.717) is 53.4 Å². The Kier molecular flexibility index (Phi) is 10.9. The number of fused-ring (bicyclic) bond motifs is 2. The molecule has 1 unspecified atom stereocenters. The molecule has 0 radical (unpaired) electrons. The molecular formula is C41H53F2N7O6S. The van der Waals surface area contributed by atoms with Gasteiger partial charge in [-0.15, -0.1) is 10.2 Å². The predicted molar refractivity (Wildman–Crippen MR) is 208 cm³/mol. The Bertz CT molecular complexity index is 2280. The lowest BCUT2D eigenvalue weighted by molar-refractivity contribution is -0.166. The predicted octanol–water partition coefficient (Wildman–Crippen LogP) is 6.86. The largest absolute Gasteiger partial charge is 0.476 e. The Morgan fingerprint density at radius 3 is 2.37 bits per heavy atom. The Labute approximate surface area is 333 Å². The maximum Gasteiger partial charge on any atom is 0.313 e. The minimum absolute atomic E-state index is 0.0229. The molecule has 0 N–H and O–H groups in total. The maximum absolute atomic E-state index is 14.6. The van der Waals surface area contributed by atoms with Crippen LogP contribution in [0.5, 0.6) is 11.8 Å². The molecule has 16 heteroatoms. The lowest BCUT2D eigenvalue weighted by atomic mass is 9.71. The summed E-state index contributed by atoms with van der Waals surface area (Å²) in [6.45, 7) is 17.6. The van der Waals surface area contributed by atoms with E-state index in [1.165, 1.54) is 34.2 Å². The number of halogens is 2. The van der Waals surface area contributed by atoms with Crippen molar-refractivity contribution < 1.29 is 36.2 Å². The van der Waals surface area contributed by atoms with Crippen LogP contribution in [0.25, 0.3) is 5.65 Å². The third-order valence-electron chi connectivity index (χ3n) is 11.3. The first-order chi connectivity index (χ1) is 26.8. The Morgan fingerprint density at radius 2 is 1.70 bits per heavy atom. The van der Waals surface area contributed by atoms with Crippen LogP contribution in [0.15, 0.2) is 35.4 Å². The van der Waals surface area contributed by atoms with Gasteiger partial charge in [-0.05, 0) is 129 Å². The van der Waals surface area contributed by atoms with Crippen molar-refractivity contribution in [2.24, 2.45) is 5.41 Å². The molecule has 1 saturated heterocycles. The van der Waals surface area contributed by atoms with Crippen LogP contribution in [0.2, 0.25) is 0 Å². The van der Waals surface area contributed by atoms with E-state index in [0.717, 1.165) is 25.2 Å². The summed E-state index contributed by atoms with van der Waals surface area (Å²) in [5, 5.41) is 7.81. The van der Waals surface area contributed by atoms with Crippen LogP contribution in [-0.4, -0.2) is 92.1 Å². The summed E-state index contributed by atoms with van der Waals surface area (Å²) >= 11 is 0. The van der Waals surface area contributed by atoms with Crippen LogP contribution in [0.3, 0.4) is 0 Å². The Hall–Kier alpha value is -4.28. The van der Waals surface area contributed by atoms with Crippen molar-refractivity contribution in [2.75, 3.05) is 32.8 Å². The molecule has 1 saturated carbocycles. The summed E-state index contributed by atoms with van der Waals surface area (Å²) in [5.74, 6) is -1.34. The van der Waals surface area contributed by atoms with E-state index >= 15 is 0 Å². The van der Waals surface area contributed by atoms with E-state index in [1.807, 2.05) is 19.1 Å². The number of pyridine rings is 3. The summed E-state index contributed by atoms with van der Waals surface area (Å²) in [7, 11) is -4.14. The highest BCUT2D eigenvalue weighted by Crippen LogP contribution is 2.48. The molecule has 308 valence electrons. The number of sulfonamides is 1. The van der Waals surface area contributed by atoms with Crippen LogP contribution >= 0.6 is 0 Å². The highest BCUT2D eigenvalue weighted by atomic mass is 32.2. The van der Waals surface area contributed by atoms with Crippen molar-refractivity contribution in [1.82, 2.24) is 33.8 Å². The Balaban J connectivity index is 1.24. The van der Waals surface area contributed by atoms with Gasteiger partial charge in [0.05, 0.1) is 24.2 Å². The van der Waals surface area contributed by atoms with Crippen LogP contribution in [0.1, 0.15) is 119 Å². The van der Waals surface area contributed by atoms with Gasteiger partial charge in [0.2, 0.25) is 27.6 Å². The van der Waals surface area contributed by atoms with Gasteiger partial charge in [0.25, 0.3) is 6.43 Å². The van der Waals surface area contributed by atoms with E-state index in [9.17, 15) is 22.0 Å². The molecule has 1 atom stereocenters. The quantitative estimate of drug-likeness (QED) is 0.147. The molecule has 2 aliphatic heterocycles. The number of piperidine rings is 1. The summed E-state index contributed by atoms with van der Waals surface area (Å²) in [6.07, 6.45) is 3.56. The van der Waals surface area contributed by atoms with E-state index < -0.39 is 50.8 Å². The molecule has 0 aromatic carbocycles. The normalized spacial score (nSPS) is 18.9. The van der Waals surface area contributed by atoms with Crippen LogP contribution in [0.4, 0.5) is 8.78 Å². The monoisotopic (exact) mass is 809 g/mol. The fraction of sp³-hybridized carbons (Fsp3) is 0.585. The van der Waals surface area contributed by atoms with Crippen LogP contribution in [0, 0.1) is 26.2 Å². The fourth-order valence-electron chi connectivity index (χ4n) is 7.83. The van der Waals surface area contributed by atoms with Gasteiger partial charge in [-0.1, -0.05) is 12.5 Å². The lowest BCUT2D eigenvalue weighted by Crippen LogP contribution is -2.39. The van der Waals surface area contributed by atoms with Crippen molar-refractivity contribution in [3.05, 3.63) is 69.9 Å². The van der Waals surface area contributed by atoms with Crippen LogP contribution < -0.4 is 9.47 Å². The standard InChI is InChI=1S/C41H53F2N7O6S/c1-25-12-13-29(32(40(7,8)38(51)56-39(4,5)6)28-14-19-50-34(27(28)3)46-47-35(50)33(42)43)44-30(25)23-49-24-41(15-16-41)55-37-31(57(49,52)53)22-26(2)36(45-37)54-21-20-48-17-10-9-11-18-48/h12-14,19,22,32-33H,9-11,15-18,20-21,23-24H2,1-8H3. The van der Waals surface area contributed by atoms with Gasteiger partial charge >= 0.3 is 5.97 Å².